The fourth-order valence-electron chi connectivity index (χ4n) is 3.09. The third-order valence-corrected chi connectivity index (χ3v) is 4.79. The third kappa shape index (κ3) is 5.01. The maximum Gasteiger partial charge on any atom is 0.124 e. The highest BCUT2D eigenvalue weighted by molar-refractivity contribution is 5.33. The van der Waals surface area contributed by atoms with Crippen LogP contribution in [0.2, 0.25) is 0 Å². The summed E-state index contributed by atoms with van der Waals surface area (Å²) in [5.74, 6) is 0.879. The Labute approximate surface area is 149 Å². The zero-order chi connectivity index (χ0) is 17.4. The van der Waals surface area contributed by atoms with Crippen LogP contribution in [0, 0.1) is 5.41 Å². The van der Waals surface area contributed by atoms with Crippen molar-refractivity contribution in [2.45, 2.75) is 26.0 Å². The maximum atomic E-state index is 9.78. The predicted octanol–water partition coefficient (Wildman–Crippen LogP) is 2.54. The summed E-state index contributed by atoms with van der Waals surface area (Å²) in [6, 6.07) is 12.0. The molecule has 1 fully saturated rings. The van der Waals surface area contributed by atoms with Crippen molar-refractivity contribution in [2.75, 3.05) is 26.4 Å². The van der Waals surface area contributed by atoms with Crippen LogP contribution < -0.4 is 10.1 Å². The van der Waals surface area contributed by atoms with Crippen molar-refractivity contribution < 1.29 is 14.6 Å². The van der Waals surface area contributed by atoms with Crippen molar-refractivity contribution in [2.24, 2.45) is 5.41 Å². The van der Waals surface area contributed by atoms with Gasteiger partial charge in [0, 0.05) is 55.2 Å². The molecule has 5 heteroatoms. The normalized spacial score (nSPS) is 16.5. The number of rotatable bonds is 8. The average Bonchev–Trinajstić information content (AvgIpc) is 2.69. The molecule has 134 valence electrons. The molecule has 0 amide bonds. The second kappa shape index (κ2) is 8.94. The van der Waals surface area contributed by atoms with Gasteiger partial charge in [0.25, 0.3) is 0 Å². The molecule has 0 saturated carbocycles. The number of hydrogen-bond acceptors (Lipinski definition) is 5. The zero-order valence-corrected chi connectivity index (χ0v) is 14.5. The van der Waals surface area contributed by atoms with Gasteiger partial charge in [0.1, 0.15) is 12.4 Å². The molecule has 3 rings (SSSR count). The van der Waals surface area contributed by atoms with Gasteiger partial charge in [-0.3, -0.25) is 4.98 Å². The number of hydrogen-bond donors (Lipinski definition) is 2. The first-order valence-corrected chi connectivity index (χ1v) is 8.80. The number of aliphatic hydroxyl groups is 1. The topological polar surface area (TPSA) is 63.6 Å². The van der Waals surface area contributed by atoms with Crippen LogP contribution in [0.1, 0.15) is 24.0 Å². The van der Waals surface area contributed by atoms with Gasteiger partial charge in [0.2, 0.25) is 0 Å². The molecule has 0 atom stereocenters. The summed E-state index contributed by atoms with van der Waals surface area (Å²) >= 11 is 0. The van der Waals surface area contributed by atoms with E-state index in [4.69, 9.17) is 9.47 Å². The minimum absolute atomic E-state index is 0.0657. The van der Waals surface area contributed by atoms with Gasteiger partial charge in [-0.1, -0.05) is 24.3 Å². The van der Waals surface area contributed by atoms with Crippen LogP contribution in [0.3, 0.4) is 0 Å². The van der Waals surface area contributed by atoms with Crippen molar-refractivity contribution in [3.8, 4) is 5.75 Å². The molecule has 1 aromatic carbocycles. The van der Waals surface area contributed by atoms with Crippen molar-refractivity contribution in [1.82, 2.24) is 10.3 Å². The smallest absolute Gasteiger partial charge is 0.124 e. The molecule has 5 nitrogen and oxygen atoms in total. The Morgan fingerprint density at radius 3 is 2.76 bits per heavy atom. The number of aromatic nitrogens is 1. The molecule has 0 unspecified atom stereocenters. The molecular weight excluding hydrogens is 316 g/mol. The first-order chi connectivity index (χ1) is 12.3. The Morgan fingerprint density at radius 2 is 2.00 bits per heavy atom. The van der Waals surface area contributed by atoms with E-state index in [1.807, 2.05) is 36.5 Å². The van der Waals surface area contributed by atoms with E-state index in [0.29, 0.717) is 13.2 Å². The Morgan fingerprint density at radius 1 is 1.16 bits per heavy atom. The summed E-state index contributed by atoms with van der Waals surface area (Å²) in [7, 11) is 0. The second-order valence-electron chi connectivity index (χ2n) is 6.63. The highest BCUT2D eigenvalue weighted by atomic mass is 16.5. The lowest BCUT2D eigenvalue weighted by atomic mass is 9.81. The van der Waals surface area contributed by atoms with Crippen LogP contribution in [-0.2, 0) is 17.9 Å². The number of nitrogens with zero attached hydrogens (tertiary/aromatic N) is 1. The Bertz CT molecular complexity index is 642. The number of para-hydroxylation sites is 1. The molecule has 25 heavy (non-hydrogen) atoms. The molecule has 0 bridgehead atoms. The zero-order valence-electron chi connectivity index (χ0n) is 14.5. The van der Waals surface area contributed by atoms with E-state index < -0.39 is 0 Å². The van der Waals surface area contributed by atoms with Gasteiger partial charge in [0.05, 0.1) is 6.61 Å². The van der Waals surface area contributed by atoms with E-state index in [2.05, 4.69) is 16.4 Å². The standard InChI is InChI=1S/C20H26N2O3/c23-16-20(7-10-24-11-8-20)15-22-13-18-5-1-2-6-19(18)25-14-17-4-3-9-21-12-17/h1-6,9,12,22-23H,7-8,10-11,13-16H2. The van der Waals surface area contributed by atoms with E-state index >= 15 is 0 Å². The lowest BCUT2D eigenvalue weighted by molar-refractivity contribution is -0.0154. The Kier molecular flexibility index (Phi) is 6.39. The highest BCUT2D eigenvalue weighted by Crippen LogP contribution is 2.29. The summed E-state index contributed by atoms with van der Waals surface area (Å²) in [4.78, 5) is 4.11. The van der Waals surface area contributed by atoms with E-state index in [1.54, 1.807) is 6.20 Å². The van der Waals surface area contributed by atoms with Gasteiger partial charge in [-0.05, 0) is 25.0 Å². The van der Waals surface area contributed by atoms with Gasteiger partial charge >= 0.3 is 0 Å². The molecule has 1 aliphatic rings. The van der Waals surface area contributed by atoms with Crippen LogP contribution in [0.4, 0.5) is 0 Å². The maximum absolute atomic E-state index is 9.78. The number of ether oxygens (including phenoxy) is 2. The van der Waals surface area contributed by atoms with Crippen molar-refractivity contribution in [3.63, 3.8) is 0 Å². The molecule has 1 aromatic heterocycles. The molecule has 0 radical (unpaired) electrons. The van der Waals surface area contributed by atoms with Crippen molar-refractivity contribution >= 4 is 0 Å². The van der Waals surface area contributed by atoms with Crippen molar-refractivity contribution in [1.29, 1.82) is 0 Å². The first-order valence-electron chi connectivity index (χ1n) is 8.80. The summed E-state index contributed by atoms with van der Waals surface area (Å²) in [6.07, 6.45) is 5.37. The first kappa shape index (κ1) is 17.9. The fourth-order valence-corrected chi connectivity index (χ4v) is 3.09. The van der Waals surface area contributed by atoms with Gasteiger partial charge in [-0.25, -0.2) is 0 Å². The van der Waals surface area contributed by atoms with E-state index in [1.165, 1.54) is 0 Å². The predicted molar refractivity (Wildman–Crippen MR) is 96.3 cm³/mol. The molecule has 0 spiro atoms. The van der Waals surface area contributed by atoms with Gasteiger partial charge in [-0.15, -0.1) is 0 Å². The van der Waals surface area contributed by atoms with Crippen LogP contribution in [-0.4, -0.2) is 36.5 Å². The minimum atomic E-state index is -0.0657. The highest BCUT2D eigenvalue weighted by Gasteiger charge is 2.31. The summed E-state index contributed by atoms with van der Waals surface area (Å²) in [6.45, 7) is 3.65. The monoisotopic (exact) mass is 342 g/mol. The van der Waals surface area contributed by atoms with Gasteiger partial charge in [-0.2, -0.15) is 0 Å². The van der Waals surface area contributed by atoms with E-state index in [9.17, 15) is 5.11 Å². The molecule has 1 aliphatic heterocycles. The lowest BCUT2D eigenvalue weighted by Gasteiger charge is -2.35. The molecule has 2 N–H and O–H groups in total. The second-order valence-corrected chi connectivity index (χ2v) is 6.63. The average molecular weight is 342 g/mol. The third-order valence-electron chi connectivity index (χ3n) is 4.79. The number of pyridine rings is 1. The number of aliphatic hydroxyl groups excluding tert-OH is 1. The lowest BCUT2D eigenvalue weighted by Crippen LogP contribution is -2.41. The number of nitrogens with one attached hydrogen (secondary N) is 1. The Balaban J connectivity index is 1.55. The molecule has 2 aromatic rings. The van der Waals surface area contributed by atoms with Crippen LogP contribution in [0.25, 0.3) is 0 Å². The van der Waals surface area contributed by atoms with E-state index in [0.717, 1.165) is 49.5 Å². The molecular formula is C20H26N2O3. The Hall–Kier alpha value is -1.95. The SMILES string of the molecule is OCC1(CNCc2ccccc2OCc2cccnc2)CCOCC1. The quantitative estimate of drug-likeness (QED) is 0.772. The summed E-state index contributed by atoms with van der Waals surface area (Å²) in [5, 5.41) is 13.3. The number of benzene rings is 1. The van der Waals surface area contributed by atoms with Crippen LogP contribution in [0.5, 0.6) is 5.75 Å². The summed E-state index contributed by atoms with van der Waals surface area (Å²) in [5.41, 5.74) is 2.10. The fraction of sp³-hybridized carbons (Fsp3) is 0.450. The van der Waals surface area contributed by atoms with Gasteiger partial charge in [0.15, 0.2) is 0 Å². The van der Waals surface area contributed by atoms with Crippen LogP contribution >= 0.6 is 0 Å². The molecule has 2 heterocycles. The van der Waals surface area contributed by atoms with Gasteiger partial charge < -0.3 is 19.9 Å². The minimum Gasteiger partial charge on any atom is -0.489 e. The summed E-state index contributed by atoms with van der Waals surface area (Å²) < 4.78 is 11.4. The van der Waals surface area contributed by atoms with Crippen molar-refractivity contribution in [3.05, 3.63) is 59.9 Å². The largest absolute Gasteiger partial charge is 0.489 e. The van der Waals surface area contributed by atoms with E-state index in [-0.39, 0.29) is 12.0 Å². The molecule has 1 saturated heterocycles. The molecule has 0 aliphatic carbocycles. The van der Waals surface area contributed by atoms with Crippen LogP contribution in [0.15, 0.2) is 48.8 Å².